The number of benzene rings is 2. The van der Waals surface area contributed by atoms with E-state index in [2.05, 4.69) is 4.98 Å². The monoisotopic (exact) mass is 292 g/mol. The van der Waals surface area contributed by atoms with Crippen LogP contribution in [0.2, 0.25) is 0 Å². The molecule has 0 N–H and O–H groups in total. The van der Waals surface area contributed by atoms with E-state index >= 15 is 0 Å². The van der Waals surface area contributed by atoms with Crippen molar-refractivity contribution in [3.8, 4) is 5.69 Å². The van der Waals surface area contributed by atoms with E-state index in [0.29, 0.717) is 23.8 Å². The molecule has 20 heavy (non-hydrogen) atoms. The summed E-state index contributed by atoms with van der Waals surface area (Å²) in [6, 6.07) is 10.9. The Morgan fingerprint density at radius 2 is 1.75 bits per heavy atom. The van der Waals surface area contributed by atoms with Crippen molar-refractivity contribution in [3.63, 3.8) is 0 Å². The zero-order chi connectivity index (χ0) is 14.1. The van der Waals surface area contributed by atoms with Crippen molar-refractivity contribution in [2.75, 3.05) is 5.88 Å². The number of rotatable bonds is 3. The van der Waals surface area contributed by atoms with Crippen LogP contribution < -0.4 is 0 Å². The van der Waals surface area contributed by atoms with Gasteiger partial charge in [-0.05, 0) is 24.3 Å². The molecule has 0 saturated heterocycles. The number of aromatic nitrogens is 2. The fourth-order valence-corrected chi connectivity index (χ4v) is 2.45. The summed E-state index contributed by atoms with van der Waals surface area (Å²) >= 11 is 5.78. The van der Waals surface area contributed by atoms with E-state index < -0.39 is 11.6 Å². The third-order valence-electron chi connectivity index (χ3n) is 3.05. The lowest BCUT2D eigenvalue weighted by Crippen LogP contribution is -2.03. The summed E-state index contributed by atoms with van der Waals surface area (Å²) in [6.45, 7) is 0. The molecule has 0 atom stereocenters. The first-order valence-electron chi connectivity index (χ1n) is 6.18. The quantitative estimate of drug-likeness (QED) is 0.665. The molecule has 0 spiro atoms. The van der Waals surface area contributed by atoms with Gasteiger partial charge in [-0.3, -0.25) is 4.57 Å². The second kappa shape index (κ2) is 5.21. The van der Waals surface area contributed by atoms with Gasteiger partial charge in [0, 0.05) is 18.4 Å². The zero-order valence-electron chi connectivity index (χ0n) is 10.5. The summed E-state index contributed by atoms with van der Waals surface area (Å²) in [5, 5.41) is 0. The lowest BCUT2D eigenvalue weighted by atomic mass is 10.2. The zero-order valence-corrected chi connectivity index (χ0v) is 11.2. The van der Waals surface area contributed by atoms with Crippen LogP contribution in [0.25, 0.3) is 16.7 Å². The Morgan fingerprint density at radius 3 is 2.45 bits per heavy atom. The van der Waals surface area contributed by atoms with Gasteiger partial charge in [0.05, 0.1) is 16.7 Å². The highest BCUT2D eigenvalue weighted by molar-refractivity contribution is 6.17. The van der Waals surface area contributed by atoms with Crippen LogP contribution in [-0.4, -0.2) is 15.4 Å². The Morgan fingerprint density at radius 1 is 1.05 bits per heavy atom. The summed E-state index contributed by atoms with van der Waals surface area (Å²) in [7, 11) is 0. The maximum Gasteiger partial charge on any atom is 0.128 e. The first kappa shape index (κ1) is 13.1. The third-order valence-corrected chi connectivity index (χ3v) is 3.24. The minimum absolute atomic E-state index is 0.390. The van der Waals surface area contributed by atoms with Crippen molar-refractivity contribution in [1.82, 2.24) is 9.55 Å². The SMILES string of the molecule is Fc1cc(F)cc(-n2c(CCCl)nc3ccccc32)c1. The van der Waals surface area contributed by atoms with E-state index in [4.69, 9.17) is 11.6 Å². The summed E-state index contributed by atoms with van der Waals surface area (Å²) in [5.41, 5.74) is 1.99. The Bertz CT molecular complexity index is 747. The minimum atomic E-state index is -0.616. The van der Waals surface area contributed by atoms with Gasteiger partial charge >= 0.3 is 0 Å². The average molecular weight is 293 g/mol. The highest BCUT2D eigenvalue weighted by atomic mass is 35.5. The van der Waals surface area contributed by atoms with Crippen molar-refractivity contribution >= 4 is 22.6 Å². The van der Waals surface area contributed by atoms with E-state index in [1.165, 1.54) is 12.1 Å². The maximum atomic E-state index is 13.4. The molecule has 0 saturated carbocycles. The molecule has 2 nitrogen and oxygen atoms in total. The van der Waals surface area contributed by atoms with Crippen molar-refractivity contribution in [3.05, 3.63) is 59.9 Å². The number of para-hydroxylation sites is 2. The van der Waals surface area contributed by atoms with Gasteiger partial charge < -0.3 is 0 Å². The molecule has 3 aromatic rings. The number of imidazole rings is 1. The maximum absolute atomic E-state index is 13.4. The van der Waals surface area contributed by atoms with Crippen LogP contribution in [-0.2, 0) is 6.42 Å². The van der Waals surface area contributed by atoms with E-state index in [0.717, 1.165) is 17.1 Å². The smallest absolute Gasteiger partial charge is 0.128 e. The Hall–Kier alpha value is -1.94. The van der Waals surface area contributed by atoms with Crippen molar-refractivity contribution in [1.29, 1.82) is 0 Å². The molecule has 0 aliphatic rings. The molecule has 1 heterocycles. The second-order valence-corrected chi connectivity index (χ2v) is 4.80. The summed E-state index contributed by atoms with van der Waals surface area (Å²) in [5.74, 6) is -0.156. The molecule has 2 aromatic carbocycles. The van der Waals surface area contributed by atoms with Crippen molar-refractivity contribution < 1.29 is 8.78 Å². The molecular weight excluding hydrogens is 282 g/mol. The summed E-state index contributed by atoms with van der Waals surface area (Å²) in [6.07, 6.45) is 0.522. The van der Waals surface area contributed by atoms with Gasteiger partial charge in [-0.25, -0.2) is 13.8 Å². The van der Waals surface area contributed by atoms with Gasteiger partial charge in [-0.15, -0.1) is 11.6 Å². The number of fused-ring (bicyclic) bond motifs is 1. The standard InChI is InChI=1S/C15H11ClF2N2/c16-6-5-15-19-13-3-1-2-4-14(13)20(15)12-8-10(17)7-11(18)9-12/h1-4,7-9H,5-6H2. The molecule has 0 unspecified atom stereocenters. The Balaban J connectivity index is 2.29. The van der Waals surface area contributed by atoms with E-state index in [-0.39, 0.29) is 0 Å². The van der Waals surface area contributed by atoms with Gasteiger partial charge in [0.25, 0.3) is 0 Å². The predicted octanol–water partition coefficient (Wildman–Crippen LogP) is 4.09. The fourth-order valence-electron chi connectivity index (χ4n) is 2.28. The van der Waals surface area contributed by atoms with Crippen LogP contribution >= 0.6 is 11.6 Å². The number of halogens is 3. The first-order valence-corrected chi connectivity index (χ1v) is 6.71. The molecule has 5 heteroatoms. The van der Waals surface area contributed by atoms with Crippen LogP contribution in [0.1, 0.15) is 5.82 Å². The van der Waals surface area contributed by atoms with E-state index in [1.807, 2.05) is 24.3 Å². The van der Waals surface area contributed by atoms with Crippen LogP contribution in [0.3, 0.4) is 0 Å². The van der Waals surface area contributed by atoms with Crippen LogP contribution in [0.15, 0.2) is 42.5 Å². The molecule has 1 aromatic heterocycles. The van der Waals surface area contributed by atoms with Gasteiger partial charge in [-0.2, -0.15) is 0 Å². The molecule has 0 bridgehead atoms. The predicted molar refractivity (Wildman–Crippen MR) is 75.4 cm³/mol. The highest BCUT2D eigenvalue weighted by Gasteiger charge is 2.13. The summed E-state index contributed by atoms with van der Waals surface area (Å²) < 4.78 is 28.6. The van der Waals surface area contributed by atoms with Crippen LogP contribution in [0, 0.1) is 11.6 Å². The lowest BCUT2D eigenvalue weighted by Gasteiger charge is -2.09. The van der Waals surface area contributed by atoms with E-state index in [9.17, 15) is 8.78 Å². The minimum Gasteiger partial charge on any atom is -0.296 e. The third kappa shape index (κ3) is 2.27. The van der Waals surface area contributed by atoms with Gasteiger partial charge in [-0.1, -0.05) is 12.1 Å². The molecular formula is C15H11ClF2N2. The molecule has 0 radical (unpaired) electrons. The molecule has 0 aliphatic carbocycles. The second-order valence-electron chi connectivity index (χ2n) is 4.42. The van der Waals surface area contributed by atoms with Gasteiger partial charge in [0.2, 0.25) is 0 Å². The summed E-state index contributed by atoms with van der Waals surface area (Å²) in [4.78, 5) is 4.47. The van der Waals surface area contributed by atoms with Crippen LogP contribution in [0.5, 0.6) is 0 Å². The van der Waals surface area contributed by atoms with E-state index in [1.54, 1.807) is 4.57 Å². The Labute approximate surface area is 119 Å². The molecule has 102 valence electrons. The van der Waals surface area contributed by atoms with Gasteiger partial charge in [0.15, 0.2) is 0 Å². The number of hydrogen-bond acceptors (Lipinski definition) is 1. The number of nitrogens with zero attached hydrogens (tertiary/aromatic N) is 2. The largest absolute Gasteiger partial charge is 0.296 e. The first-order chi connectivity index (χ1) is 9.69. The lowest BCUT2D eigenvalue weighted by molar-refractivity contribution is 0.581. The molecule has 3 rings (SSSR count). The molecule has 0 aliphatic heterocycles. The number of alkyl halides is 1. The molecule has 0 fully saturated rings. The normalized spacial score (nSPS) is 11.2. The number of hydrogen-bond donors (Lipinski definition) is 0. The highest BCUT2D eigenvalue weighted by Crippen LogP contribution is 2.23. The molecule has 0 amide bonds. The van der Waals surface area contributed by atoms with Crippen LogP contribution in [0.4, 0.5) is 8.78 Å². The average Bonchev–Trinajstić information content (AvgIpc) is 2.76. The van der Waals surface area contributed by atoms with Crippen molar-refractivity contribution in [2.45, 2.75) is 6.42 Å². The fraction of sp³-hybridized carbons (Fsp3) is 0.133. The van der Waals surface area contributed by atoms with Gasteiger partial charge in [0.1, 0.15) is 17.5 Å². The number of aryl methyl sites for hydroxylation is 1. The topological polar surface area (TPSA) is 17.8 Å². The van der Waals surface area contributed by atoms with Crippen molar-refractivity contribution in [2.24, 2.45) is 0 Å². The Kier molecular flexibility index (Phi) is 3.40.